The Bertz CT molecular complexity index is 260. The summed E-state index contributed by atoms with van der Waals surface area (Å²) in [7, 11) is -3.02. The maximum atomic E-state index is 11.4. The number of nitrogens with two attached hydrogens (primary N) is 1. The summed E-state index contributed by atoms with van der Waals surface area (Å²) < 4.78 is 25.5. The van der Waals surface area contributed by atoms with Gasteiger partial charge in [0.1, 0.15) is 0 Å². The zero-order valence-corrected chi connectivity index (χ0v) is 9.52. The normalized spacial score (nSPS) is 19.6. The predicted molar refractivity (Wildman–Crippen MR) is 57.3 cm³/mol. The third-order valence-electron chi connectivity index (χ3n) is 2.46. The third kappa shape index (κ3) is 4.93. The fraction of sp³-hybridized carbons (Fsp3) is 1.00. The molecule has 0 saturated heterocycles. The summed E-state index contributed by atoms with van der Waals surface area (Å²) in [4.78, 5) is 0. The van der Waals surface area contributed by atoms with Crippen LogP contribution in [0.15, 0.2) is 0 Å². The van der Waals surface area contributed by atoms with E-state index < -0.39 is 10.0 Å². The average Bonchev–Trinajstić information content (AvgIpc) is 2.85. The van der Waals surface area contributed by atoms with Crippen LogP contribution in [0.4, 0.5) is 0 Å². The molecule has 3 N–H and O–H groups in total. The minimum absolute atomic E-state index is 0.308. The highest BCUT2D eigenvalue weighted by atomic mass is 32.2. The fourth-order valence-electron chi connectivity index (χ4n) is 1.31. The van der Waals surface area contributed by atoms with Gasteiger partial charge in [0.05, 0.1) is 5.75 Å². The van der Waals surface area contributed by atoms with Crippen LogP contribution >= 0.6 is 0 Å². The van der Waals surface area contributed by atoms with Gasteiger partial charge in [0.2, 0.25) is 10.0 Å². The first-order valence-corrected chi connectivity index (χ1v) is 6.86. The summed E-state index contributed by atoms with van der Waals surface area (Å²) in [6.45, 7) is 3.14. The van der Waals surface area contributed by atoms with E-state index in [-0.39, 0.29) is 0 Å². The number of rotatable bonds is 7. The van der Waals surface area contributed by atoms with Crippen LogP contribution in [0.25, 0.3) is 0 Å². The van der Waals surface area contributed by atoms with Crippen molar-refractivity contribution in [2.24, 2.45) is 17.6 Å². The van der Waals surface area contributed by atoms with Crippen LogP contribution in [0.3, 0.4) is 0 Å². The van der Waals surface area contributed by atoms with E-state index in [1.54, 1.807) is 0 Å². The molecule has 1 aliphatic rings. The summed E-state index contributed by atoms with van der Waals surface area (Å²) in [6.07, 6.45) is 3.00. The third-order valence-corrected chi connectivity index (χ3v) is 3.98. The van der Waals surface area contributed by atoms with Crippen molar-refractivity contribution in [3.63, 3.8) is 0 Å². The summed E-state index contributed by atoms with van der Waals surface area (Å²) >= 11 is 0. The van der Waals surface area contributed by atoms with E-state index in [9.17, 15) is 8.42 Å². The Balaban J connectivity index is 2.20. The Morgan fingerprint density at radius 2 is 2.14 bits per heavy atom. The summed E-state index contributed by atoms with van der Waals surface area (Å²) in [5, 5.41) is 0. The van der Waals surface area contributed by atoms with E-state index in [0.29, 0.717) is 30.7 Å². The SMILES string of the molecule is CC(CCN)CNS(=O)(=O)CC1CC1. The van der Waals surface area contributed by atoms with Gasteiger partial charge in [-0.05, 0) is 37.6 Å². The van der Waals surface area contributed by atoms with Crippen molar-refractivity contribution in [2.75, 3.05) is 18.8 Å². The number of sulfonamides is 1. The van der Waals surface area contributed by atoms with Crippen molar-refractivity contribution in [2.45, 2.75) is 26.2 Å². The molecule has 5 heteroatoms. The molecule has 1 saturated carbocycles. The Morgan fingerprint density at radius 3 is 2.64 bits per heavy atom. The minimum Gasteiger partial charge on any atom is -0.330 e. The fourth-order valence-corrected chi connectivity index (χ4v) is 2.92. The lowest BCUT2D eigenvalue weighted by molar-refractivity contribution is 0.514. The Hall–Kier alpha value is -0.130. The zero-order valence-electron chi connectivity index (χ0n) is 8.70. The van der Waals surface area contributed by atoms with Crippen molar-refractivity contribution >= 4 is 10.0 Å². The maximum Gasteiger partial charge on any atom is 0.211 e. The van der Waals surface area contributed by atoms with Crippen molar-refractivity contribution < 1.29 is 8.42 Å². The van der Waals surface area contributed by atoms with Crippen LogP contribution in [0, 0.1) is 11.8 Å². The maximum absolute atomic E-state index is 11.4. The lowest BCUT2D eigenvalue weighted by Crippen LogP contribution is -2.31. The molecule has 1 aliphatic carbocycles. The summed E-state index contributed by atoms with van der Waals surface area (Å²) in [6, 6.07) is 0. The second-order valence-corrected chi connectivity index (χ2v) is 6.11. The van der Waals surface area contributed by atoms with Gasteiger partial charge in [0.25, 0.3) is 0 Å². The van der Waals surface area contributed by atoms with Crippen LogP contribution < -0.4 is 10.5 Å². The topological polar surface area (TPSA) is 72.2 Å². The largest absolute Gasteiger partial charge is 0.330 e. The first-order chi connectivity index (χ1) is 6.53. The van der Waals surface area contributed by atoms with Crippen LogP contribution in [-0.2, 0) is 10.0 Å². The van der Waals surface area contributed by atoms with Gasteiger partial charge in [-0.25, -0.2) is 13.1 Å². The molecule has 0 heterocycles. The van der Waals surface area contributed by atoms with Crippen molar-refractivity contribution in [1.29, 1.82) is 0 Å². The highest BCUT2D eigenvalue weighted by Crippen LogP contribution is 2.29. The standard InChI is InChI=1S/C9H20N2O2S/c1-8(4-5-10)6-11-14(12,13)7-9-2-3-9/h8-9,11H,2-7,10H2,1H3. The van der Waals surface area contributed by atoms with Gasteiger partial charge in [-0.1, -0.05) is 6.92 Å². The first-order valence-electron chi connectivity index (χ1n) is 5.21. The van der Waals surface area contributed by atoms with Crippen LogP contribution in [0.1, 0.15) is 26.2 Å². The minimum atomic E-state index is -3.02. The molecule has 0 aromatic carbocycles. The molecule has 0 aromatic heterocycles. The van der Waals surface area contributed by atoms with Gasteiger partial charge in [-0.3, -0.25) is 0 Å². The Kier molecular flexibility index (Phi) is 4.34. The van der Waals surface area contributed by atoms with Crippen LogP contribution in [-0.4, -0.2) is 27.3 Å². The van der Waals surface area contributed by atoms with Crippen molar-refractivity contribution in [3.8, 4) is 0 Å². The molecule has 0 amide bonds. The molecule has 0 aromatic rings. The molecule has 1 unspecified atom stereocenters. The van der Waals surface area contributed by atoms with Gasteiger partial charge >= 0.3 is 0 Å². The first kappa shape index (κ1) is 11.9. The second-order valence-electron chi connectivity index (χ2n) is 4.26. The Morgan fingerprint density at radius 1 is 1.50 bits per heavy atom. The van der Waals surface area contributed by atoms with Gasteiger partial charge in [0.15, 0.2) is 0 Å². The quantitative estimate of drug-likeness (QED) is 0.648. The van der Waals surface area contributed by atoms with Crippen LogP contribution in [0.5, 0.6) is 0 Å². The molecule has 0 bridgehead atoms. The zero-order chi connectivity index (χ0) is 10.6. The number of nitrogens with one attached hydrogen (secondary N) is 1. The highest BCUT2D eigenvalue weighted by Gasteiger charge is 2.27. The second kappa shape index (κ2) is 5.09. The van der Waals surface area contributed by atoms with E-state index in [2.05, 4.69) is 4.72 Å². The van der Waals surface area contributed by atoms with E-state index in [0.717, 1.165) is 19.3 Å². The van der Waals surface area contributed by atoms with Gasteiger partial charge < -0.3 is 5.73 Å². The molecule has 0 aliphatic heterocycles. The number of hydrogen-bond acceptors (Lipinski definition) is 3. The van der Waals surface area contributed by atoms with Gasteiger partial charge in [0, 0.05) is 6.54 Å². The molecular weight excluding hydrogens is 200 g/mol. The smallest absolute Gasteiger partial charge is 0.211 e. The lowest BCUT2D eigenvalue weighted by Gasteiger charge is -2.11. The molecule has 1 fully saturated rings. The highest BCUT2D eigenvalue weighted by molar-refractivity contribution is 7.89. The van der Waals surface area contributed by atoms with Gasteiger partial charge in [-0.15, -0.1) is 0 Å². The monoisotopic (exact) mass is 220 g/mol. The van der Waals surface area contributed by atoms with E-state index in [1.807, 2.05) is 6.92 Å². The molecule has 1 atom stereocenters. The molecular formula is C9H20N2O2S. The van der Waals surface area contributed by atoms with E-state index in [4.69, 9.17) is 5.73 Å². The average molecular weight is 220 g/mol. The predicted octanol–water partition coefficient (Wildman–Crippen LogP) is 0.301. The molecule has 0 spiro atoms. The summed E-state index contributed by atoms with van der Waals surface area (Å²) in [5.74, 6) is 1.05. The molecule has 1 rings (SSSR count). The molecule has 14 heavy (non-hydrogen) atoms. The number of hydrogen-bond donors (Lipinski definition) is 2. The van der Waals surface area contributed by atoms with E-state index in [1.165, 1.54) is 0 Å². The Labute approximate surface area is 86.3 Å². The lowest BCUT2D eigenvalue weighted by atomic mass is 10.1. The molecule has 4 nitrogen and oxygen atoms in total. The van der Waals surface area contributed by atoms with Gasteiger partial charge in [-0.2, -0.15) is 0 Å². The van der Waals surface area contributed by atoms with E-state index >= 15 is 0 Å². The summed E-state index contributed by atoms with van der Waals surface area (Å²) in [5.41, 5.74) is 5.38. The van der Waals surface area contributed by atoms with Crippen molar-refractivity contribution in [3.05, 3.63) is 0 Å². The molecule has 84 valence electrons. The van der Waals surface area contributed by atoms with Crippen LogP contribution in [0.2, 0.25) is 0 Å². The van der Waals surface area contributed by atoms with Crippen molar-refractivity contribution in [1.82, 2.24) is 4.72 Å². The molecule has 0 radical (unpaired) electrons.